The van der Waals surface area contributed by atoms with Gasteiger partial charge in [0.05, 0.1) is 0 Å². The maximum absolute atomic E-state index is 4.54. The van der Waals surface area contributed by atoms with Crippen molar-refractivity contribution in [1.29, 1.82) is 0 Å². The molecule has 1 aromatic heterocycles. The summed E-state index contributed by atoms with van der Waals surface area (Å²) in [5.74, 6) is 0. The minimum absolute atomic E-state index is 1.19. The Kier molecular flexibility index (Phi) is 4.07. The fourth-order valence-corrected chi connectivity index (χ4v) is 4.89. The van der Waals surface area contributed by atoms with Crippen LogP contribution in [0.2, 0.25) is 0 Å². The van der Waals surface area contributed by atoms with Gasteiger partial charge >= 0.3 is 0 Å². The molecule has 0 radical (unpaired) electrons. The fraction of sp³-hybridized carbons (Fsp3) is 0.0333. The lowest BCUT2D eigenvalue weighted by Gasteiger charge is -2.18. The minimum atomic E-state index is 1.19. The first-order valence-corrected chi connectivity index (χ1v) is 10.7. The molecule has 0 fully saturated rings. The highest BCUT2D eigenvalue weighted by atomic mass is 14.6. The summed E-state index contributed by atoms with van der Waals surface area (Å²) in [5.41, 5.74) is 6.32. The highest BCUT2D eigenvalue weighted by Gasteiger charge is 2.18. The molecule has 0 atom stereocenters. The first kappa shape index (κ1) is 17.9. The van der Waals surface area contributed by atoms with Crippen LogP contribution in [0, 0.1) is 6.92 Å². The molecule has 0 spiro atoms. The molecule has 0 aliphatic rings. The summed E-state index contributed by atoms with van der Waals surface area (Å²) in [7, 11) is 0. The van der Waals surface area contributed by atoms with Crippen molar-refractivity contribution in [3.8, 4) is 22.3 Å². The normalized spacial score (nSPS) is 11.4. The van der Waals surface area contributed by atoms with E-state index in [-0.39, 0.29) is 0 Å². The van der Waals surface area contributed by atoms with Crippen LogP contribution in [-0.4, -0.2) is 4.98 Å². The molecule has 1 heteroatoms. The van der Waals surface area contributed by atoms with Crippen LogP contribution in [0.15, 0.2) is 109 Å². The molecule has 0 saturated carbocycles. The molecule has 0 N–H and O–H groups in total. The summed E-state index contributed by atoms with van der Waals surface area (Å²) in [4.78, 5) is 4.54. The lowest BCUT2D eigenvalue weighted by atomic mass is 9.85. The van der Waals surface area contributed by atoms with Gasteiger partial charge in [-0.25, -0.2) is 0 Å². The van der Waals surface area contributed by atoms with E-state index >= 15 is 0 Å². The number of pyridine rings is 1. The average molecular weight is 396 g/mol. The molecule has 146 valence electrons. The van der Waals surface area contributed by atoms with Gasteiger partial charge in [-0.3, -0.25) is 4.98 Å². The average Bonchev–Trinajstić information content (AvgIpc) is 2.84. The standard InChI is InChI=1S/C30H21N/c1-20-15-16-26(23-12-6-5-11-22(20)23)30-25-14-8-7-13-24(25)29(21-9-3-2-4-10-21)27-17-18-31-19-28(27)30/h2-19H,1H3. The maximum Gasteiger partial charge on any atom is 0.0353 e. The molecule has 6 rings (SSSR count). The van der Waals surface area contributed by atoms with E-state index in [9.17, 15) is 0 Å². The van der Waals surface area contributed by atoms with Crippen LogP contribution in [0.3, 0.4) is 0 Å². The van der Waals surface area contributed by atoms with Crippen LogP contribution in [0.25, 0.3) is 54.6 Å². The Bertz CT molecular complexity index is 1520. The molecule has 31 heavy (non-hydrogen) atoms. The minimum Gasteiger partial charge on any atom is -0.264 e. The smallest absolute Gasteiger partial charge is 0.0353 e. The topological polar surface area (TPSA) is 12.9 Å². The van der Waals surface area contributed by atoms with Gasteiger partial charge in [0.1, 0.15) is 0 Å². The first-order valence-electron chi connectivity index (χ1n) is 10.7. The predicted molar refractivity (Wildman–Crippen MR) is 132 cm³/mol. The Hall–Kier alpha value is -3.97. The Balaban J connectivity index is 1.85. The van der Waals surface area contributed by atoms with Crippen LogP contribution >= 0.6 is 0 Å². The van der Waals surface area contributed by atoms with Crippen LogP contribution in [-0.2, 0) is 0 Å². The van der Waals surface area contributed by atoms with Gasteiger partial charge in [-0.05, 0) is 67.7 Å². The summed E-state index contributed by atoms with van der Waals surface area (Å²) in [5, 5.41) is 7.54. The molecular formula is C30H21N. The number of fused-ring (bicyclic) bond motifs is 3. The third kappa shape index (κ3) is 2.74. The van der Waals surface area contributed by atoms with E-state index in [4.69, 9.17) is 0 Å². The number of hydrogen-bond acceptors (Lipinski definition) is 1. The zero-order chi connectivity index (χ0) is 20.8. The molecule has 0 saturated heterocycles. The van der Waals surface area contributed by atoms with Gasteiger partial charge in [0.2, 0.25) is 0 Å². The van der Waals surface area contributed by atoms with Gasteiger partial charge in [-0.15, -0.1) is 0 Å². The summed E-state index contributed by atoms with van der Waals surface area (Å²) < 4.78 is 0. The van der Waals surface area contributed by atoms with Gasteiger partial charge in [-0.2, -0.15) is 0 Å². The lowest BCUT2D eigenvalue weighted by Crippen LogP contribution is -1.92. The molecule has 1 heterocycles. The number of rotatable bonds is 2. The van der Waals surface area contributed by atoms with E-state index in [0.29, 0.717) is 0 Å². The Morgan fingerprint density at radius 3 is 1.87 bits per heavy atom. The van der Waals surface area contributed by atoms with Crippen LogP contribution in [0.1, 0.15) is 5.56 Å². The molecular weight excluding hydrogens is 374 g/mol. The van der Waals surface area contributed by atoms with Crippen molar-refractivity contribution < 1.29 is 0 Å². The van der Waals surface area contributed by atoms with Crippen LogP contribution in [0.5, 0.6) is 0 Å². The monoisotopic (exact) mass is 395 g/mol. The predicted octanol–water partition coefficient (Wildman–Crippen LogP) is 8.18. The van der Waals surface area contributed by atoms with E-state index in [0.717, 1.165) is 0 Å². The van der Waals surface area contributed by atoms with Gasteiger partial charge in [0.25, 0.3) is 0 Å². The van der Waals surface area contributed by atoms with Crippen molar-refractivity contribution in [2.24, 2.45) is 0 Å². The Labute approximate surface area is 181 Å². The molecule has 0 aliphatic carbocycles. The number of nitrogens with zero attached hydrogens (tertiary/aromatic N) is 1. The summed E-state index contributed by atoms with van der Waals surface area (Å²) >= 11 is 0. The van der Waals surface area contributed by atoms with Crippen molar-refractivity contribution >= 4 is 32.3 Å². The second-order valence-corrected chi connectivity index (χ2v) is 8.06. The molecule has 6 aromatic rings. The molecule has 5 aromatic carbocycles. The molecule has 0 bridgehead atoms. The van der Waals surface area contributed by atoms with E-state index in [2.05, 4.69) is 109 Å². The molecule has 0 amide bonds. The van der Waals surface area contributed by atoms with Gasteiger partial charge < -0.3 is 0 Å². The van der Waals surface area contributed by atoms with E-state index in [1.165, 1.54) is 60.1 Å². The number of aromatic nitrogens is 1. The maximum atomic E-state index is 4.54. The van der Waals surface area contributed by atoms with Crippen molar-refractivity contribution in [2.75, 3.05) is 0 Å². The Morgan fingerprint density at radius 1 is 0.484 bits per heavy atom. The quantitative estimate of drug-likeness (QED) is 0.269. The van der Waals surface area contributed by atoms with E-state index in [1.54, 1.807) is 0 Å². The van der Waals surface area contributed by atoms with E-state index < -0.39 is 0 Å². The summed E-state index contributed by atoms with van der Waals surface area (Å²) in [6, 6.07) is 34.8. The van der Waals surface area contributed by atoms with E-state index in [1.807, 2.05) is 12.4 Å². The second-order valence-electron chi connectivity index (χ2n) is 8.06. The van der Waals surface area contributed by atoms with Crippen molar-refractivity contribution in [2.45, 2.75) is 6.92 Å². The number of hydrogen-bond donors (Lipinski definition) is 0. The Morgan fingerprint density at radius 2 is 1.10 bits per heavy atom. The lowest BCUT2D eigenvalue weighted by molar-refractivity contribution is 1.37. The zero-order valence-electron chi connectivity index (χ0n) is 17.3. The van der Waals surface area contributed by atoms with Gasteiger partial charge in [0.15, 0.2) is 0 Å². The van der Waals surface area contributed by atoms with Gasteiger partial charge in [-0.1, -0.05) is 91.0 Å². The van der Waals surface area contributed by atoms with Crippen LogP contribution in [0.4, 0.5) is 0 Å². The van der Waals surface area contributed by atoms with Crippen molar-refractivity contribution in [3.63, 3.8) is 0 Å². The van der Waals surface area contributed by atoms with Crippen LogP contribution < -0.4 is 0 Å². The van der Waals surface area contributed by atoms with Crippen molar-refractivity contribution in [3.05, 3.63) is 115 Å². The largest absolute Gasteiger partial charge is 0.264 e. The number of benzene rings is 5. The third-order valence-corrected chi connectivity index (χ3v) is 6.30. The molecule has 0 unspecified atom stereocenters. The second kappa shape index (κ2) is 7.07. The highest BCUT2D eigenvalue weighted by molar-refractivity contribution is 6.23. The number of aryl methyl sites for hydroxylation is 1. The van der Waals surface area contributed by atoms with Crippen molar-refractivity contribution in [1.82, 2.24) is 4.98 Å². The summed E-state index contributed by atoms with van der Waals surface area (Å²) in [6.45, 7) is 2.18. The molecule has 0 aliphatic heterocycles. The third-order valence-electron chi connectivity index (χ3n) is 6.30. The first-order chi connectivity index (χ1) is 15.3. The highest BCUT2D eigenvalue weighted by Crippen LogP contribution is 2.45. The zero-order valence-corrected chi connectivity index (χ0v) is 17.3. The molecule has 1 nitrogen and oxygen atoms in total. The SMILES string of the molecule is Cc1ccc(-c2c3ccccc3c(-c3ccccc3)c3ccncc23)c2ccccc12. The fourth-order valence-electron chi connectivity index (χ4n) is 4.89. The summed E-state index contributed by atoms with van der Waals surface area (Å²) in [6.07, 6.45) is 3.93. The van der Waals surface area contributed by atoms with Gasteiger partial charge in [0, 0.05) is 17.8 Å².